The van der Waals surface area contributed by atoms with Crippen molar-refractivity contribution in [3.05, 3.63) is 72.4 Å². The molecule has 96 valence electrons. The lowest BCUT2D eigenvalue weighted by atomic mass is 10.2. The fourth-order valence-corrected chi connectivity index (χ4v) is 2.58. The number of benzene rings is 2. The van der Waals surface area contributed by atoms with Gasteiger partial charge in [0.1, 0.15) is 5.65 Å². The van der Waals surface area contributed by atoms with Crippen LogP contribution in [-0.4, -0.2) is 9.55 Å². The molecule has 2 nitrogen and oxygen atoms in total. The van der Waals surface area contributed by atoms with Crippen LogP contribution in [0.25, 0.3) is 27.6 Å². The van der Waals surface area contributed by atoms with Crippen molar-refractivity contribution in [2.24, 2.45) is 0 Å². The Labute approximate surface area is 117 Å². The number of fused-ring (bicyclic) bond motifs is 2. The van der Waals surface area contributed by atoms with Gasteiger partial charge in [0.25, 0.3) is 0 Å². The quantitative estimate of drug-likeness (QED) is 0.492. The molecule has 0 aliphatic carbocycles. The van der Waals surface area contributed by atoms with Gasteiger partial charge in [-0.25, -0.2) is 4.98 Å². The van der Waals surface area contributed by atoms with Crippen LogP contribution in [0, 0.1) is 6.92 Å². The monoisotopic (exact) mass is 258 g/mol. The van der Waals surface area contributed by atoms with Crippen molar-refractivity contribution in [3.8, 4) is 5.69 Å². The van der Waals surface area contributed by atoms with Gasteiger partial charge in [0.05, 0.1) is 5.52 Å². The Morgan fingerprint density at radius 2 is 1.65 bits per heavy atom. The molecule has 0 saturated carbocycles. The van der Waals surface area contributed by atoms with Gasteiger partial charge in [0.2, 0.25) is 0 Å². The Morgan fingerprint density at radius 3 is 2.50 bits per heavy atom. The molecule has 0 spiro atoms. The first-order chi connectivity index (χ1) is 9.81. The van der Waals surface area contributed by atoms with E-state index < -0.39 is 0 Å². The number of hydrogen-bond donors (Lipinski definition) is 0. The summed E-state index contributed by atoms with van der Waals surface area (Å²) in [6, 6.07) is 21.1. The van der Waals surface area contributed by atoms with Gasteiger partial charge in [0, 0.05) is 22.7 Å². The molecule has 0 N–H and O–H groups in total. The van der Waals surface area contributed by atoms with Crippen LogP contribution in [0.2, 0.25) is 0 Å². The normalized spacial score (nSPS) is 11.2. The molecule has 0 atom stereocenters. The van der Waals surface area contributed by atoms with Crippen molar-refractivity contribution in [3.63, 3.8) is 0 Å². The summed E-state index contributed by atoms with van der Waals surface area (Å²) in [4.78, 5) is 4.80. The first-order valence-electron chi connectivity index (χ1n) is 6.75. The van der Waals surface area contributed by atoms with Crippen molar-refractivity contribution in [1.82, 2.24) is 9.55 Å². The minimum absolute atomic E-state index is 1.01. The van der Waals surface area contributed by atoms with E-state index in [-0.39, 0.29) is 0 Å². The summed E-state index contributed by atoms with van der Waals surface area (Å²) in [5.74, 6) is 0. The third-order valence-electron chi connectivity index (χ3n) is 3.68. The van der Waals surface area contributed by atoms with Crippen LogP contribution < -0.4 is 0 Å². The number of para-hydroxylation sites is 1. The molecule has 0 fully saturated rings. The molecule has 2 aromatic carbocycles. The SMILES string of the molecule is Cc1ccc(-n2ccc3cc4ccccc4nc32)cc1. The van der Waals surface area contributed by atoms with E-state index in [2.05, 4.69) is 66.2 Å². The van der Waals surface area contributed by atoms with Crippen molar-refractivity contribution >= 4 is 21.9 Å². The lowest BCUT2D eigenvalue weighted by Crippen LogP contribution is -1.94. The summed E-state index contributed by atoms with van der Waals surface area (Å²) in [6.45, 7) is 2.10. The second kappa shape index (κ2) is 4.20. The van der Waals surface area contributed by atoms with Crippen molar-refractivity contribution in [1.29, 1.82) is 0 Å². The van der Waals surface area contributed by atoms with E-state index in [4.69, 9.17) is 4.98 Å². The van der Waals surface area contributed by atoms with Gasteiger partial charge in [0.15, 0.2) is 0 Å². The van der Waals surface area contributed by atoms with Crippen LogP contribution in [0.1, 0.15) is 5.56 Å². The molecule has 20 heavy (non-hydrogen) atoms. The summed E-state index contributed by atoms with van der Waals surface area (Å²) in [7, 11) is 0. The minimum Gasteiger partial charge on any atom is -0.301 e. The maximum absolute atomic E-state index is 4.80. The molecule has 0 saturated heterocycles. The largest absolute Gasteiger partial charge is 0.301 e. The summed E-state index contributed by atoms with van der Waals surface area (Å²) < 4.78 is 2.14. The van der Waals surface area contributed by atoms with Gasteiger partial charge >= 0.3 is 0 Å². The van der Waals surface area contributed by atoms with Gasteiger partial charge in [-0.1, -0.05) is 35.9 Å². The molecule has 0 aliphatic rings. The Morgan fingerprint density at radius 1 is 0.850 bits per heavy atom. The topological polar surface area (TPSA) is 17.8 Å². The number of nitrogens with zero attached hydrogens (tertiary/aromatic N) is 2. The predicted molar refractivity (Wildman–Crippen MR) is 83.3 cm³/mol. The van der Waals surface area contributed by atoms with E-state index in [0.717, 1.165) is 16.9 Å². The summed E-state index contributed by atoms with van der Waals surface area (Å²) in [5.41, 5.74) is 4.46. The number of pyridine rings is 1. The highest BCUT2D eigenvalue weighted by Crippen LogP contribution is 2.23. The lowest BCUT2D eigenvalue weighted by Gasteiger charge is -2.06. The Hall–Kier alpha value is -2.61. The lowest BCUT2D eigenvalue weighted by molar-refractivity contribution is 1.10. The summed E-state index contributed by atoms with van der Waals surface area (Å²) in [6.07, 6.45) is 2.08. The second-order valence-corrected chi connectivity index (χ2v) is 5.12. The van der Waals surface area contributed by atoms with Crippen molar-refractivity contribution < 1.29 is 0 Å². The van der Waals surface area contributed by atoms with Crippen LogP contribution in [0.15, 0.2) is 66.9 Å². The number of hydrogen-bond acceptors (Lipinski definition) is 1. The van der Waals surface area contributed by atoms with E-state index in [1.54, 1.807) is 0 Å². The highest BCUT2D eigenvalue weighted by Gasteiger charge is 2.06. The predicted octanol–water partition coefficient (Wildman–Crippen LogP) is 4.49. The van der Waals surface area contributed by atoms with Crippen LogP contribution in [0.3, 0.4) is 0 Å². The fraction of sp³-hybridized carbons (Fsp3) is 0.0556. The van der Waals surface area contributed by atoms with E-state index in [9.17, 15) is 0 Å². The molecule has 2 heteroatoms. The number of aryl methyl sites for hydroxylation is 1. The van der Waals surface area contributed by atoms with Crippen molar-refractivity contribution in [2.75, 3.05) is 0 Å². The van der Waals surface area contributed by atoms with Crippen LogP contribution >= 0.6 is 0 Å². The van der Waals surface area contributed by atoms with Crippen molar-refractivity contribution in [2.45, 2.75) is 6.92 Å². The van der Waals surface area contributed by atoms with Crippen LogP contribution in [0.5, 0.6) is 0 Å². The Balaban J connectivity index is 2.00. The highest BCUT2D eigenvalue weighted by molar-refractivity contribution is 5.92. The smallest absolute Gasteiger partial charge is 0.145 e. The summed E-state index contributed by atoms with van der Waals surface area (Å²) in [5, 5.41) is 2.35. The van der Waals surface area contributed by atoms with Crippen LogP contribution in [0.4, 0.5) is 0 Å². The Kier molecular flexibility index (Phi) is 2.36. The van der Waals surface area contributed by atoms with E-state index in [0.29, 0.717) is 0 Å². The van der Waals surface area contributed by atoms with Gasteiger partial charge in [-0.15, -0.1) is 0 Å². The Bertz CT molecular complexity index is 902. The zero-order chi connectivity index (χ0) is 13.5. The number of rotatable bonds is 1. The molecule has 0 aliphatic heterocycles. The fourth-order valence-electron chi connectivity index (χ4n) is 2.58. The maximum atomic E-state index is 4.80. The standard InChI is InChI=1S/C18H14N2/c1-13-6-8-16(9-7-13)20-11-10-15-12-14-4-2-3-5-17(14)19-18(15)20/h2-12H,1H3. The molecule has 4 rings (SSSR count). The molecular formula is C18H14N2. The highest BCUT2D eigenvalue weighted by atomic mass is 15.0. The molecule has 2 heterocycles. The average molecular weight is 258 g/mol. The summed E-state index contributed by atoms with van der Waals surface area (Å²) >= 11 is 0. The van der Waals surface area contributed by atoms with E-state index in [1.807, 2.05) is 12.1 Å². The third kappa shape index (κ3) is 1.69. The first-order valence-corrected chi connectivity index (χ1v) is 6.75. The second-order valence-electron chi connectivity index (χ2n) is 5.12. The maximum Gasteiger partial charge on any atom is 0.145 e. The van der Waals surface area contributed by atoms with Gasteiger partial charge < -0.3 is 4.57 Å². The molecule has 0 unspecified atom stereocenters. The third-order valence-corrected chi connectivity index (χ3v) is 3.68. The molecular weight excluding hydrogens is 244 g/mol. The molecule has 4 aromatic rings. The molecule has 0 bridgehead atoms. The van der Waals surface area contributed by atoms with Crippen LogP contribution in [-0.2, 0) is 0 Å². The molecule has 0 radical (unpaired) electrons. The van der Waals surface area contributed by atoms with Gasteiger partial charge in [-0.2, -0.15) is 0 Å². The number of aromatic nitrogens is 2. The van der Waals surface area contributed by atoms with E-state index in [1.165, 1.54) is 16.3 Å². The minimum atomic E-state index is 1.01. The average Bonchev–Trinajstić information content (AvgIpc) is 2.88. The zero-order valence-corrected chi connectivity index (χ0v) is 11.2. The molecule has 0 amide bonds. The zero-order valence-electron chi connectivity index (χ0n) is 11.2. The van der Waals surface area contributed by atoms with Gasteiger partial charge in [-0.05, 0) is 37.3 Å². The van der Waals surface area contributed by atoms with Gasteiger partial charge in [-0.3, -0.25) is 0 Å². The first kappa shape index (κ1) is 11.2. The molecule has 2 aromatic heterocycles. The van der Waals surface area contributed by atoms with E-state index >= 15 is 0 Å².